The molecule has 2 unspecified atom stereocenters. The van der Waals surface area contributed by atoms with E-state index >= 15 is 0 Å². The topological polar surface area (TPSA) is 76.2 Å². The summed E-state index contributed by atoms with van der Waals surface area (Å²) in [7, 11) is 1.84. The first-order valence-electron chi connectivity index (χ1n) is 8.12. The molecule has 2 atom stereocenters. The van der Waals surface area contributed by atoms with E-state index in [-0.39, 0.29) is 18.3 Å². The molecule has 0 aliphatic carbocycles. The summed E-state index contributed by atoms with van der Waals surface area (Å²) in [6, 6.07) is 0.971. The van der Waals surface area contributed by atoms with Crippen LogP contribution in [0, 0.1) is 6.92 Å². The highest BCUT2D eigenvalue weighted by Crippen LogP contribution is 2.25. The van der Waals surface area contributed by atoms with Gasteiger partial charge in [-0.25, -0.2) is 4.98 Å². The van der Waals surface area contributed by atoms with Crippen molar-refractivity contribution in [3.63, 3.8) is 0 Å². The molecule has 8 heteroatoms. The van der Waals surface area contributed by atoms with Crippen LogP contribution in [0.4, 0.5) is 0 Å². The van der Waals surface area contributed by atoms with Gasteiger partial charge in [-0.3, -0.25) is 9.48 Å². The van der Waals surface area contributed by atoms with Crippen LogP contribution < -0.4 is 5.32 Å². The van der Waals surface area contributed by atoms with Gasteiger partial charge in [0.25, 0.3) is 5.91 Å². The summed E-state index contributed by atoms with van der Waals surface area (Å²) in [5, 5.41) is 7.71. The van der Waals surface area contributed by atoms with Gasteiger partial charge >= 0.3 is 0 Å². The summed E-state index contributed by atoms with van der Waals surface area (Å²) in [5.41, 5.74) is 1.20. The number of nitrogens with one attached hydrogen (secondary N) is 1. The lowest BCUT2D eigenvalue weighted by atomic mass is 10.1. The Hall–Kier alpha value is -1.86. The third-order valence-corrected chi connectivity index (χ3v) is 4.76. The van der Waals surface area contributed by atoms with Crippen molar-refractivity contribution in [2.75, 3.05) is 13.1 Å². The molecule has 2 fully saturated rings. The first-order chi connectivity index (χ1) is 11.1. The number of aryl methyl sites for hydroxylation is 2. The van der Waals surface area contributed by atoms with E-state index in [1.165, 1.54) is 6.42 Å². The highest BCUT2D eigenvalue weighted by Gasteiger charge is 2.33. The van der Waals surface area contributed by atoms with Gasteiger partial charge in [0.2, 0.25) is 5.89 Å². The van der Waals surface area contributed by atoms with Gasteiger partial charge in [-0.2, -0.15) is 5.10 Å². The second kappa shape index (κ2) is 6.57. The number of nitrogens with zero attached hydrogens (tertiary/aromatic N) is 4. The minimum Gasteiger partial charge on any atom is -0.440 e. The summed E-state index contributed by atoms with van der Waals surface area (Å²) in [6.45, 7) is 3.33. The van der Waals surface area contributed by atoms with E-state index in [4.69, 9.17) is 4.42 Å². The Labute approximate surface area is 146 Å². The molecule has 0 saturated carbocycles. The van der Waals surface area contributed by atoms with Crippen LogP contribution in [0.3, 0.4) is 0 Å². The molecule has 2 aliphatic heterocycles. The van der Waals surface area contributed by atoms with E-state index in [9.17, 15) is 4.79 Å². The molecule has 2 aromatic heterocycles. The fourth-order valence-electron chi connectivity index (χ4n) is 3.53. The Morgan fingerprint density at radius 3 is 2.88 bits per heavy atom. The Bertz CT molecular complexity index is 741. The SMILES string of the molecule is Cc1oc(-c2cnn(C)c2)nc1C(=O)N1CCC2CCC(C1)N2.Cl. The summed E-state index contributed by atoms with van der Waals surface area (Å²) >= 11 is 0. The Morgan fingerprint density at radius 1 is 1.33 bits per heavy atom. The Balaban J connectivity index is 0.00000169. The van der Waals surface area contributed by atoms with Crippen LogP contribution in [0.2, 0.25) is 0 Å². The van der Waals surface area contributed by atoms with Gasteiger partial charge < -0.3 is 14.6 Å². The normalized spacial score (nSPS) is 23.0. The fourth-order valence-corrected chi connectivity index (χ4v) is 3.53. The van der Waals surface area contributed by atoms with Crippen molar-refractivity contribution in [1.82, 2.24) is 25.0 Å². The zero-order valence-electron chi connectivity index (χ0n) is 13.9. The van der Waals surface area contributed by atoms with E-state index in [1.54, 1.807) is 17.8 Å². The lowest BCUT2D eigenvalue weighted by Gasteiger charge is -2.23. The van der Waals surface area contributed by atoms with Crippen molar-refractivity contribution in [1.29, 1.82) is 0 Å². The third kappa shape index (κ3) is 3.06. The van der Waals surface area contributed by atoms with Gasteiger partial charge in [-0.1, -0.05) is 0 Å². The molecule has 1 N–H and O–H groups in total. The number of carbonyl (C=O) groups is 1. The fraction of sp³-hybridized carbons (Fsp3) is 0.562. The number of oxazole rings is 1. The van der Waals surface area contributed by atoms with E-state index < -0.39 is 0 Å². The molecule has 1 amide bonds. The van der Waals surface area contributed by atoms with Crippen LogP contribution in [0.25, 0.3) is 11.5 Å². The second-order valence-electron chi connectivity index (χ2n) is 6.50. The van der Waals surface area contributed by atoms with Crippen molar-refractivity contribution >= 4 is 18.3 Å². The average molecular weight is 352 g/mol. The molecular weight excluding hydrogens is 330 g/mol. The first kappa shape index (κ1) is 17.0. The first-order valence-corrected chi connectivity index (χ1v) is 8.12. The maximum atomic E-state index is 12.9. The standard InChI is InChI=1S/C16H21N5O2.ClH/c1-10-14(19-15(23-10)11-7-17-20(2)8-11)16(22)21-6-5-12-3-4-13(9-21)18-12;/h7-8,12-13,18H,3-6,9H2,1-2H3;1H. The van der Waals surface area contributed by atoms with E-state index in [1.807, 2.05) is 18.1 Å². The second-order valence-corrected chi connectivity index (χ2v) is 6.50. The molecule has 2 aromatic rings. The molecule has 130 valence electrons. The molecule has 2 saturated heterocycles. The number of aromatic nitrogens is 3. The summed E-state index contributed by atoms with van der Waals surface area (Å²) in [6.07, 6.45) is 6.89. The van der Waals surface area contributed by atoms with Crippen LogP contribution in [0.5, 0.6) is 0 Å². The quantitative estimate of drug-likeness (QED) is 0.892. The molecule has 0 spiro atoms. The number of rotatable bonds is 2. The van der Waals surface area contributed by atoms with Crippen LogP contribution in [0.1, 0.15) is 35.5 Å². The van der Waals surface area contributed by atoms with Crippen molar-refractivity contribution in [2.45, 2.75) is 38.3 Å². The zero-order chi connectivity index (χ0) is 16.0. The maximum absolute atomic E-state index is 12.9. The number of halogens is 1. The molecule has 0 radical (unpaired) electrons. The third-order valence-electron chi connectivity index (χ3n) is 4.76. The van der Waals surface area contributed by atoms with Crippen molar-refractivity contribution < 1.29 is 9.21 Å². The molecule has 4 heterocycles. The Kier molecular flexibility index (Phi) is 4.64. The summed E-state index contributed by atoms with van der Waals surface area (Å²) < 4.78 is 7.38. The summed E-state index contributed by atoms with van der Waals surface area (Å²) in [4.78, 5) is 19.2. The van der Waals surface area contributed by atoms with Crippen LogP contribution in [0.15, 0.2) is 16.8 Å². The van der Waals surface area contributed by atoms with Gasteiger partial charge in [0, 0.05) is 38.4 Å². The molecule has 4 rings (SSSR count). The van der Waals surface area contributed by atoms with E-state index in [0.29, 0.717) is 29.4 Å². The molecule has 24 heavy (non-hydrogen) atoms. The van der Waals surface area contributed by atoms with Gasteiger partial charge in [0.05, 0.1) is 11.8 Å². The lowest BCUT2D eigenvalue weighted by molar-refractivity contribution is 0.0741. The predicted octanol–water partition coefficient (Wildman–Crippen LogP) is 1.77. The van der Waals surface area contributed by atoms with Gasteiger partial charge in [-0.15, -0.1) is 12.4 Å². The monoisotopic (exact) mass is 351 g/mol. The highest BCUT2D eigenvalue weighted by molar-refractivity contribution is 5.93. The highest BCUT2D eigenvalue weighted by atomic mass is 35.5. The van der Waals surface area contributed by atoms with Crippen LogP contribution in [-0.4, -0.2) is 50.7 Å². The van der Waals surface area contributed by atoms with Crippen molar-refractivity contribution in [2.24, 2.45) is 7.05 Å². The minimum atomic E-state index is -0.0317. The average Bonchev–Trinajstić information content (AvgIpc) is 3.18. The molecule has 0 aromatic carbocycles. The number of fused-ring (bicyclic) bond motifs is 2. The van der Waals surface area contributed by atoms with Crippen LogP contribution in [-0.2, 0) is 7.05 Å². The zero-order valence-corrected chi connectivity index (χ0v) is 14.7. The van der Waals surface area contributed by atoms with Crippen molar-refractivity contribution in [3.05, 3.63) is 23.8 Å². The van der Waals surface area contributed by atoms with Gasteiger partial charge in [0.15, 0.2) is 5.69 Å². The molecule has 2 bridgehead atoms. The molecule has 7 nitrogen and oxygen atoms in total. The summed E-state index contributed by atoms with van der Waals surface area (Å²) in [5.74, 6) is 0.986. The number of hydrogen-bond donors (Lipinski definition) is 1. The smallest absolute Gasteiger partial charge is 0.276 e. The van der Waals surface area contributed by atoms with Crippen LogP contribution >= 0.6 is 12.4 Å². The maximum Gasteiger partial charge on any atom is 0.276 e. The lowest BCUT2D eigenvalue weighted by Crippen LogP contribution is -2.39. The number of amides is 1. The molecule has 2 aliphatic rings. The minimum absolute atomic E-state index is 0. The van der Waals surface area contributed by atoms with E-state index in [0.717, 1.165) is 31.5 Å². The molecular formula is C16H22ClN5O2. The Morgan fingerprint density at radius 2 is 2.12 bits per heavy atom. The predicted molar refractivity (Wildman–Crippen MR) is 91.2 cm³/mol. The number of likely N-dealkylation sites (tertiary alicyclic amines) is 1. The van der Waals surface area contributed by atoms with Crippen molar-refractivity contribution in [3.8, 4) is 11.5 Å². The largest absolute Gasteiger partial charge is 0.440 e. The number of hydrogen-bond acceptors (Lipinski definition) is 5. The van der Waals surface area contributed by atoms with Gasteiger partial charge in [0.1, 0.15) is 5.76 Å². The van der Waals surface area contributed by atoms with Gasteiger partial charge in [-0.05, 0) is 26.2 Å². The number of carbonyl (C=O) groups excluding carboxylic acids is 1. The van der Waals surface area contributed by atoms with E-state index in [2.05, 4.69) is 15.4 Å².